The number of benzene rings is 4. The number of fused-ring (bicyclic) bond motifs is 6. The molecule has 4 aromatic carbocycles. The van der Waals surface area contributed by atoms with Gasteiger partial charge in [0.2, 0.25) is 0 Å². The van der Waals surface area contributed by atoms with Crippen LogP contribution in [0.15, 0.2) is 105 Å². The van der Waals surface area contributed by atoms with Crippen LogP contribution in [0.4, 0.5) is 0 Å². The summed E-state index contributed by atoms with van der Waals surface area (Å²) in [5.74, 6) is 0.497. The van der Waals surface area contributed by atoms with Crippen LogP contribution in [0.25, 0.3) is 22.3 Å². The number of nitrogens with two attached hydrogens (primary N) is 2. The fraction of sp³-hybridized carbons (Fsp3) is 0.278. The molecule has 8 nitrogen and oxygen atoms in total. The van der Waals surface area contributed by atoms with Gasteiger partial charge in [-0.15, -0.1) is 0 Å². The second kappa shape index (κ2) is 11.8. The molecule has 0 spiro atoms. The summed E-state index contributed by atoms with van der Waals surface area (Å²) in [6.07, 6.45) is 1.48. The first-order valence-electron chi connectivity index (χ1n) is 15.0. The highest BCUT2D eigenvalue weighted by atomic mass is 16.3. The Balaban J connectivity index is 1.52. The summed E-state index contributed by atoms with van der Waals surface area (Å²) in [5.41, 5.74) is 22.3. The van der Waals surface area contributed by atoms with Crippen LogP contribution in [0, 0.1) is 0 Å². The van der Waals surface area contributed by atoms with Crippen LogP contribution in [0.1, 0.15) is 47.2 Å². The van der Waals surface area contributed by atoms with Crippen molar-refractivity contribution < 1.29 is 10.2 Å². The van der Waals surface area contributed by atoms with Gasteiger partial charge in [0.1, 0.15) is 11.7 Å². The van der Waals surface area contributed by atoms with Gasteiger partial charge in [0, 0.05) is 0 Å². The minimum atomic E-state index is -1.16. The largest absolute Gasteiger partial charge is 0.394 e. The first-order valence-corrected chi connectivity index (χ1v) is 15.0. The van der Waals surface area contributed by atoms with E-state index < -0.39 is 11.1 Å². The van der Waals surface area contributed by atoms with Crippen molar-refractivity contribution in [2.75, 3.05) is 26.3 Å². The highest BCUT2D eigenvalue weighted by Crippen LogP contribution is 2.45. The van der Waals surface area contributed by atoms with Crippen molar-refractivity contribution in [3.8, 4) is 22.3 Å². The van der Waals surface area contributed by atoms with E-state index in [1.54, 1.807) is 0 Å². The Bertz CT molecular complexity index is 1680. The average Bonchev–Trinajstić information content (AvgIpc) is 3.63. The van der Waals surface area contributed by atoms with Gasteiger partial charge in [-0.3, -0.25) is 9.98 Å². The molecule has 44 heavy (non-hydrogen) atoms. The number of aliphatic hydroxyl groups excluding tert-OH is 2. The first kappa shape index (κ1) is 29.4. The quantitative estimate of drug-likeness (QED) is 0.101. The van der Waals surface area contributed by atoms with Crippen molar-refractivity contribution in [3.63, 3.8) is 0 Å². The van der Waals surface area contributed by atoms with Gasteiger partial charge in [0.05, 0.1) is 26.3 Å². The smallest absolute Gasteiger partial charge is 0.160 e. The lowest BCUT2D eigenvalue weighted by atomic mass is 9.84. The highest BCUT2D eigenvalue weighted by molar-refractivity contribution is 5.94. The lowest BCUT2D eigenvalue weighted by Crippen LogP contribution is -2.41. The van der Waals surface area contributed by atoms with Crippen LogP contribution >= 0.6 is 0 Å². The number of nitrogens with zero attached hydrogens (tertiary/aromatic N) is 4. The summed E-state index contributed by atoms with van der Waals surface area (Å²) < 4.78 is 0. The van der Waals surface area contributed by atoms with E-state index in [1.807, 2.05) is 50.2 Å². The van der Waals surface area contributed by atoms with E-state index in [0.717, 1.165) is 46.2 Å². The highest BCUT2D eigenvalue weighted by Gasteiger charge is 2.40. The van der Waals surface area contributed by atoms with E-state index in [0.29, 0.717) is 0 Å². The predicted octanol–water partition coefficient (Wildman–Crippen LogP) is 5.11. The van der Waals surface area contributed by atoms with E-state index >= 15 is 0 Å². The Hall–Kier alpha value is -4.66. The normalized spacial score (nSPS) is 16.6. The van der Waals surface area contributed by atoms with Gasteiger partial charge < -0.3 is 21.7 Å². The first-order chi connectivity index (χ1) is 21.3. The Labute approximate surface area is 257 Å². The molecule has 0 amide bonds. The molecule has 0 bridgehead atoms. The van der Waals surface area contributed by atoms with Crippen molar-refractivity contribution in [1.82, 2.24) is 0 Å². The molecule has 224 valence electrons. The molecular formula is C36H38N6O2. The van der Waals surface area contributed by atoms with Crippen LogP contribution in [-0.2, 0) is 23.9 Å². The molecule has 6 N–H and O–H groups in total. The Morgan fingerprint density at radius 1 is 0.591 bits per heavy atom. The zero-order chi connectivity index (χ0) is 30.9. The summed E-state index contributed by atoms with van der Waals surface area (Å²) in [6, 6.07) is 29.1. The number of aliphatic hydroxyl groups is 2. The molecule has 2 aliphatic rings. The van der Waals surface area contributed by atoms with Crippen LogP contribution in [-0.4, -0.2) is 48.2 Å². The molecule has 2 unspecified atom stereocenters. The van der Waals surface area contributed by atoms with Crippen LogP contribution in [0.3, 0.4) is 0 Å². The number of hydrogen-bond donors (Lipinski definition) is 4. The summed E-state index contributed by atoms with van der Waals surface area (Å²) in [6.45, 7) is 3.85. The van der Waals surface area contributed by atoms with Gasteiger partial charge in [-0.05, 0) is 82.3 Å². The molecule has 0 saturated carbocycles. The number of aliphatic imine (C=N–C) groups is 2. The van der Waals surface area contributed by atoms with Crippen molar-refractivity contribution >= 4 is 11.7 Å². The van der Waals surface area contributed by atoms with E-state index in [-0.39, 0.29) is 38.0 Å². The van der Waals surface area contributed by atoms with Crippen LogP contribution < -0.4 is 11.5 Å². The summed E-state index contributed by atoms with van der Waals surface area (Å²) in [7, 11) is 0. The van der Waals surface area contributed by atoms with Crippen molar-refractivity contribution in [3.05, 3.63) is 118 Å². The SMILES string of the molecule is CC(N=NC(C)(C(N)=NCCO)c1cccc2c1Cc1ccccc1-2)(C(N)=NCCO)c1cccc2c1Cc1ccccc1-2. The van der Waals surface area contributed by atoms with E-state index in [4.69, 9.17) is 21.7 Å². The third-order valence-corrected chi connectivity index (χ3v) is 8.96. The molecule has 2 atom stereocenters. The lowest BCUT2D eigenvalue weighted by molar-refractivity contribution is 0.306. The molecule has 0 aromatic heterocycles. The Kier molecular flexibility index (Phi) is 7.88. The third-order valence-electron chi connectivity index (χ3n) is 8.96. The van der Waals surface area contributed by atoms with Crippen LogP contribution in [0.5, 0.6) is 0 Å². The second-order valence-electron chi connectivity index (χ2n) is 11.7. The summed E-state index contributed by atoms with van der Waals surface area (Å²) in [5, 5.41) is 29.2. The van der Waals surface area contributed by atoms with Gasteiger partial charge in [-0.25, -0.2) is 0 Å². The summed E-state index contributed by atoms with van der Waals surface area (Å²) in [4.78, 5) is 9.03. The fourth-order valence-corrected chi connectivity index (χ4v) is 6.56. The zero-order valence-electron chi connectivity index (χ0n) is 25.2. The van der Waals surface area contributed by atoms with Crippen molar-refractivity contribution in [1.29, 1.82) is 0 Å². The average molecular weight is 587 g/mol. The molecular weight excluding hydrogens is 548 g/mol. The van der Waals surface area contributed by atoms with Gasteiger partial charge >= 0.3 is 0 Å². The Morgan fingerprint density at radius 2 is 0.977 bits per heavy atom. The standard InChI is InChI=1S/C36H38N6O2/c1-35(33(37)39-17-19-43,31-15-7-13-27-25-11-5-3-9-23(25)21-29(27)31)41-42-36(2,34(38)40-18-20-44)32-16-8-14-28-26-12-6-4-10-24(26)22-30(28)32/h3-16,43-44H,17-22H2,1-2H3,(H2,37,39)(H2,38,40). The van der Waals surface area contributed by atoms with Gasteiger partial charge in [0.25, 0.3) is 0 Å². The molecule has 0 aliphatic heterocycles. The number of amidine groups is 2. The molecule has 4 aromatic rings. The van der Waals surface area contributed by atoms with Gasteiger partial charge in [0.15, 0.2) is 11.1 Å². The molecule has 0 heterocycles. The molecule has 0 radical (unpaired) electrons. The van der Waals surface area contributed by atoms with E-state index in [2.05, 4.69) is 58.5 Å². The minimum absolute atomic E-state index is 0.137. The van der Waals surface area contributed by atoms with Gasteiger partial charge in [-0.1, -0.05) is 84.9 Å². The number of hydrogen-bond acceptors (Lipinski definition) is 6. The second-order valence-corrected chi connectivity index (χ2v) is 11.7. The maximum absolute atomic E-state index is 9.58. The van der Waals surface area contributed by atoms with Crippen LogP contribution in [0.2, 0.25) is 0 Å². The lowest BCUT2D eigenvalue weighted by Gasteiger charge is -2.31. The van der Waals surface area contributed by atoms with E-state index in [1.165, 1.54) is 22.3 Å². The molecule has 6 rings (SSSR count). The Morgan fingerprint density at radius 3 is 1.39 bits per heavy atom. The molecule has 8 heteroatoms. The van der Waals surface area contributed by atoms with Crippen molar-refractivity contribution in [2.24, 2.45) is 31.7 Å². The minimum Gasteiger partial charge on any atom is -0.394 e. The molecule has 0 fully saturated rings. The predicted molar refractivity (Wildman–Crippen MR) is 176 cm³/mol. The maximum atomic E-state index is 9.58. The van der Waals surface area contributed by atoms with E-state index in [9.17, 15) is 10.2 Å². The topological polar surface area (TPSA) is 142 Å². The zero-order valence-corrected chi connectivity index (χ0v) is 25.2. The third kappa shape index (κ3) is 4.90. The van der Waals surface area contributed by atoms with Gasteiger partial charge in [-0.2, -0.15) is 10.2 Å². The maximum Gasteiger partial charge on any atom is 0.160 e. The number of azo groups is 1. The molecule has 2 aliphatic carbocycles. The molecule has 0 saturated heterocycles. The summed E-state index contributed by atoms with van der Waals surface area (Å²) >= 11 is 0. The number of rotatable bonds is 10. The van der Waals surface area contributed by atoms with Crippen molar-refractivity contribution in [2.45, 2.75) is 37.8 Å². The monoisotopic (exact) mass is 586 g/mol. The fourth-order valence-electron chi connectivity index (χ4n) is 6.56.